The highest BCUT2D eigenvalue weighted by molar-refractivity contribution is 5.82. The third kappa shape index (κ3) is 2.69. The Morgan fingerprint density at radius 3 is 2.87 bits per heavy atom. The standard InChI is InChI=1S/C11H20N2O2/c14-9-5-7-13(8-9)11(15)10-4-2-1-3-6-12-10/h9-10,12,14H,1-8H2/t9-,10?/m0/s1. The van der Waals surface area contributed by atoms with E-state index in [2.05, 4.69) is 5.32 Å². The van der Waals surface area contributed by atoms with Crippen LogP contribution >= 0.6 is 0 Å². The molecule has 4 nitrogen and oxygen atoms in total. The molecule has 0 aromatic carbocycles. The number of aliphatic hydroxyl groups is 1. The Kier molecular flexibility index (Phi) is 3.59. The van der Waals surface area contributed by atoms with E-state index in [1.165, 1.54) is 12.8 Å². The van der Waals surface area contributed by atoms with Crippen molar-refractivity contribution in [1.29, 1.82) is 0 Å². The van der Waals surface area contributed by atoms with Gasteiger partial charge in [0.25, 0.3) is 0 Å². The first kappa shape index (κ1) is 10.9. The van der Waals surface area contributed by atoms with Crippen molar-refractivity contribution in [3.05, 3.63) is 0 Å². The molecular weight excluding hydrogens is 192 g/mol. The minimum absolute atomic E-state index is 0.00204. The summed E-state index contributed by atoms with van der Waals surface area (Å²) >= 11 is 0. The molecule has 0 aromatic heterocycles. The molecule has 2 saturated heterocycles. The summed E-state index contributed by atoms with van der Waals surface area (Å²) in [4.78, 5) is 13.9. The van der Waals surface area contributed by atoms with E-state index in [1.807, 2.05) is 0 Å². The van der Waals surface area contributed by atoms with Crippen molar-refractivity contribution >= 4 is 5.91 Å². The third-order valence-corrected chi connectivity index (χ3v) is 3.33. The van der Waals surface area contributed by atoms with Gasteiger partial charge in [0.15, 0.2) is 0 Å². The van der Waals surface area contributed by atoms with Crippen LogP contribution < -0.4 is 5.32 Å². The van der Waals surface area contributed by atoms with Crippen molar-refractivity contribution in [3.63, 3.8) is 0 Å². The number of β-amino-alcohol motifs (C(OH)–C–C–N with tert-alkyl or cyclic N) is 1. The van der Waals surface area contributed by atoms with Gasteiger partial charge in [0, 0.05) is 13.1 Å². The Morgan fingerprint density at radius 2 is 2.13 bits per heavy atom. The van der Waals surface area contributed by atoms with E-state index in [0.717, 1.165) is 32.4 Å². The van der Waals surface area contributed by atoms with E-state index in [0.29, 0.717) is 6.54 Å². The highest BCUT2D eigenvalue weighted by atomic mass is 16.3. The van der Waals surface area contributed by atoms with Crippen LogP contribution in [-0.4, -0.2) is 47.7 Å². The molecule has 2 heterocycles. The average molecular weight is 212 g/mol. The molecule has 2 N–H and O–H groups in total. The summed E-state index contributed by atoms with van der Waals surface area (Å²) in [6.45, 7) is 2.20. The largest absolute Gasteiger partial charge is 0.391 e. The van der Waals surface area contributed by atoms with Crippen LogP contribution in [0.25, 0.3) is 0 Å². The van der Waals surface area contributed by atoms with E-state index in [-0.39, 0.29) is 18.1 Å². The number of nitrogens with one attached hydrogen (secondary N) is 1. The van der Waals surface area contributed by atoms with Crippen LogP contribution in [0.4, 0.5) is 0 Å². The first-order valence-electron chi connectivity index (χ1n) is 5.97. The van der Waals surface area contributed by atoms with Gasteiger partial charge < -0.3 is 15.3 Å². The van der Waals surface area contributed by atoms with E-state index < -0.39 is 0 Å². The number of hydrogen-bond acceptors (Lipinski definition) is 3. The first-order chi connectivity index (χ1) is 7.27. The lowest BCUT2D eigenvalue weighted by Gasteiger charge is -2.22. The van der Waals surface area contributed by atoms with Crippen LogP contribution in [0, 0.1) is 0 Å². The summed E-state index contributed by atoms with van der Waals surface area (Å²) in [5.74, 6) is 0.188. The van der Waals surface area contributed by atoms with Crippen LogP contribution in [0.5, 0.6) is 0 Å². The Hall–Kier alpha value is -0.610. The molecule has 1 amide bonds. The molecule has 0 saturated carbocycles. The van der Waals surface area contributed by atoms with E-state index in [4.69, 9.17) is 0 Å². The molecule has 0 radical (unpaired) electrons. The normalized spacial score (nSPS) is 32.7. The zero-order valence-electron chi connectivity index (χ0n) is 9.11. The Bertz CT molecular complexity index is 225. The van der Waals surface area contributed by atoms with Gasteiger partial charge >= 0.3 is 0 Å². The van der Waals surface area contributed by atoms with E-state index in [1.54, 1.807) is 4.90 Å². The smallest absolute Gasteiger partial charge is 0.239 e. The lowest BCUT2D eigenvalue weighted by Crippen LogP contribution is -2.45. The molecule has 0 spiro atoms. The van der Waals surface area contributed by atoms with Crippen molar-refractivity contribution in [2.24, 2.45) is 0 Å². The predicted octanol–water partition coefficient (Wildman–Crippen LogP) is 0.112. The van der Waals surface area contributed by atoms with Gasteiger partial charge in [0.05, 0.1) is 12.1 Å². The zero-order chi connectivity index (χ0) is 10.7. The monoisotopic (exact) mass is 212 g/mol. The second-order valence-electron chi connectivity index (χ2n) is 4.58. The number of carbonyl (C=O) groups excluding carboxylic acids is 1. The van der Waals surface area contributed by atoms with E-state index in [9.17, 15) is 9.90 Å². The fourth-order valence-corrected chi connectivity index (χ4v) is 2.40. The summed E-state index contributed by atoms with van der Waals surface area (Å²) in [6.07, 6.45) is 4.91. The molecule has 2 fully saturated rings. The second-order valence-corrected chi connectivity index (χ2v) is 4.58. The molecule has 0 bridgehead atoms. The summed E-state index contributed by atoms with van der Waals surface area (Å²) < 4.78 is 0. The first-order valence-corrected chi connectivity index (χ1v) is 5.97. The van der Waals surface area contributed by atoms with Gasteiger partial charge in [0.2, 0.25) is 5.91 Å². The number of carbonyl (C=O) groups is 1. The average Bonchev–Trinajstić information content (AvgIpc) is 2.53. The topological polar surface area (TPSA) is 52.6 Å². The quantitative estimate of drug-likeness (QED) is 0.649. The molecule has 2 aliphatic rings. The highest BCUT2D eigenvalue weighted by Gasteiger charge is 2.29. The molecule has 2 rings (SSSR count). The van der Waals surface area contributed by atoms with Crippen molar-refractivity contribution in [3.8, 4) is 0 Å². The van der Waals surface area contributed by atoms with E-state index >= 15 is 0 Å². The number of likely N-dealkylation sites (tertiary alicyclic amines) is 1. The number of hydrogen-bond donors (Lipinski definition) is 2. The molecule has 86 valence electrons. The maximum atomic E-state index is 12.1. The predicted molar refractivity (Wildman–Crippen MR) is 57.5 cm³/mol. The van der Waals surface area contributed by atoms with Gasteiger partial charge in [-0.05, 0) is 25.8 Å². The maximum Gasteiger partial charge on any atom is 0.239 e. The molecular formula is C11H20N2O2. The summed E-state index contributed by atoms with van der Waals surface area (Å²) in [7, 11) is 0. The molecule has 0 aliphatic carbocycles. The molecule has 2 aliphatic heterocycles. The lowest BCUT2D eigenvalue weighted by molar-refractivity contribution is -0.132. The van der Waals surface area contributed by atoms with Crippen LogP contribution in [-0.2, 0) is 4.79 Å². The molecule has 1 unspecified atom stereocenters. The fourth-order valence-electron chi connectivity index (χ4n) is 2.40. The Morgan fingerprint density at radius 1 is 1.27 bits per heavy atom. The highest BCUT2D eigenvalue weighted by Crippen LogP contribution is 2.15. The van der Waals surface area contributed by atoms with Gasteiger partial charge in [-0.2, -0.15) is 0 Å². The summed E-state index contributed by atoms with van der Waals surface area (Å²) in [6, 6.07) is -0.00204. The second kappa shape index (κ2) is 4.94. The van der Waals surface area contributed by atoms with Crippen LogP contribution in [0.1, 0.15) is 32.1 Å². The van der Waals surface area contributed by atoms with Gasteiger partial charge in [-0.1, -0.05) is 12.8 Å². The summed E-state index contributed by atoms with van der Waals surface area (Å²) in [5, 5.41) is 12.7. The number of amides is 1. The minimum Gasteiger partial charge on any atom is -0.391 e. The minimum atomic E-state index is -0.306. The number of aliphatic hydroxyl groups excluding tert-OH is 1. The van der Waals surface area contributed by atoms with Crippen molar-refractivity contribution in [2.45, 2.75) is 44.2 Å². The SMILES string of the molecule is O=C(C1CCCCCN1)N1CC[C@H](O)C1. The Labute approximate surface area is 90.6 Å². The van der Waals surface area contributed by atoms with Crippen molar-refractivity contribution in [2.75, 3.05) is 19.6 Å². The molecule has 4 heteroatoms. The molecule has 15 heavy (non-hydrogen) atoms. The maximum absolute atomic E-state index is 12.1. The van der Waals surface area contributed by atoms with Gasteiger partial charge in [0.1, 0.15) is 0 Å². The summed E-state index contributed by atoms with van der Waals surface area (Å²) in [5.41, 5.74) is 0. The number of nitrogens with zero attached hydrogens (tertiary/aromatic N) is 1. The van der Waals surface area contributed by atoms with Crippen molar-refractivity contribution in [1.82, 2.24) is 10.2 Å². The van der Waals surface area contributed by atoms with Crippen LogP contribution in [0.2, 0.25) is 0 Å². The molecule has 0 aromatic rings. The van der Waals surface area contributed by atoms with Crippen molar-refractivity contribution < 1.29 is 9.90 Å². The molecule has 2 atom stereocenters. The Balaban J connectivity index is 1.88. The van der Waals surface area contributed by atoms with Gasteiger partial charge in [-0.3, -0.25) is 4.79 Å². The lowest BCUT2D eigenvalue weighted by atomic mass is 10.1. The van der Waals surface area contributed by atoms with Crippen LogP contribution in [0.15, 0.2) is 0 Å². The third-order valence-electron chi connectivity index (χ3n) is 3.33. The number of rotatable bonds is 1. The van der Waals surface area contributed by atoms with Gasteiger partial charge in [-0.15, -0.1) is 0 Å². The van der Waals surface area contributed by atoms with Crippen LogP contribution in [0.3, 0.4) is 0 Å². The zero-order valence-corrected chi connectivity index (χ0v) is 9.11. The fraction of sp³-hybridized carbons (Fsp3) is 0.909. The van der Waals surface area contributed by atoms with Gasteiger partial charge in [-0.25, -0.2) is 0 Å².